The van der Waals surface area contributed by atoms with Crippen molar-refractivity contribution in [3.8, 4) is 11.3 Å². The fourth-order valence-electron chi connectivity index (χ4n) is 1.01. The second kappa shape index (κ2) is 3.13. The Morgan fingerprint density at radius 3 is 2.75 bits per heavy atom. The molecule has 0 amide bonds. The van der Waals surface area contributed by atoms with Crippen molar-refractivity contribution in [3.05, 3.63) is 48.9 Å². The second-order valence-corrected chi connectivity index (χ2v) is 2.39. The summed E-state index contributed by atoms with van der Waals surface area (Å²) >= 11 is 0. The van der Waals surface area contributed by atoms with E-state index in [0.29, 0.717) is 0 Å². The molecule has 2 heteroatoms. The van der Waals surface area contributed by atoms with E-state index in [2.05, 4.69) is 16.2 Å². The lowest BCUT2D eigenvalue weighted by atomic mass is 10.2. The highest BCUT2D eigenvalue weighted by Crippen LogP contribution is 2.13. The first kappa shape index (κ1) is 6.98. The van der Waals surface area contributed by atoms with Crippen molar-refractivity contribution in [1.82, 2.24) is 9.97 Å². The lowest BCUT2D eigenvalue weighted by molar-refractivity contribution is 1.28. The summed E-state index contributed by atoms with van der Waals surface area (Å²) in [6.07, 6.45) is 6.26. The summed E-state index contributed by atoms with van der Waals surface area (Å²) in [6, 6.07) is 9.56. The van der Waals surface area contributed by atoms with E-state index in [1.807, 2.05) is 30.3 Å². The highest BCUT2D eigenvalue weighted by Gasteiger charge is 1.94. The van der Waals surface area contributed by atoms with Gasteiger partial charge < -0.3 is 0 Å². The molecule has 0 saturated carbocycles. The zero-order valence-corrected chi connectivity index (χ0v) is 6.44. The second-order valence-electron chi connectivity index (χ2n) is 2.39. The Kier molecular flexibility index (Phi) is 1.82. The highest BCUT2D eigenvalue weighted by atomic mass is 14.7. The van der Waals surface area contributed by atoms with Crippen LogP contribution in [0.25, 0.3) is 11.3 Å². The molecule has 0 aliphatic heterocycles. The molecule has 0 fully saturated rings. The molecular formula is C10H7N2. The standard InChI is InChI=1S/C10H7N2/c1-2-6-12-10(3-1)9-4-7-11-8-5-9/h1-7H. The molecule has 0 saturated heterocycles. The van der Waals surface area contributed by atoms with Gasteiger partial charge in [-0.05, 0) is 24.3 Å². The smallest absolute Gasteiger partial charge is 0.0893 e. The van der Waals surface area contributed by atoms with E-state index in [1.54, 1.807) is 12.4 Å². The van der Waals surface area contributed by atoms with E-state index in [0.717, 1.165) is 11.3 Å². The third-order valence-electron chi connectivity index (χ3n) is 1.58. The zero-order valence-electron chi connectivity index (χ0n) is 6.44. The van der Waals surface area contributed by atoms with Gasteiger partial charge in [-0.15, -0.1) is 0 Å². The zero-order chi connectivity index (χ0) is 8.23. The molecule has 0 unspecified atom stereocenters. The van der Waals surface area contributed by atoms with Crippen molar-refractivity contribution in [2.75, 3.05) is 0 Å². The maximum absolute atomic E-state index is 4.20. The molecule has 12 heavy (non-hydrogen) atoms. The Bertz CT molecular complexity index is 305. The van der Waals surface area contributed by atoms with Crippen LogP contribution in [0.3, 0.4) is 0 Å². The average Bonchev–Trinajstić information content (AvgIpc) is 2.21. The van der Waals surface area contributed by atoms with Crippen molar-refractivity contribution < 1.29 is 0 Å². The van der Waals surface area contributed by atoms with Crippen molar-refractivity contribution in [2.45, 2.75) is 0 Å². The minimum Gasteiger partial charge on any atom is -0.256 e. The molecule has 2 heterocycles. The summed E-state index contributed by atoms with van der Waals surface area (Å²) in [7, 11) is 0. The van der Waals surface area contributed by atoms with Gasteiger partial charge in [0, 0.05) is 18.0 Å². The van der Waals surface area contributed by atoms with Crippen molar-refractivity contribution in [1.29, 1.82) is 0 Å². The van der Waals surface area contributed by atoms with E-state index in [4.69, 9.17) is 0 Å². The molecular weight excluding hydrogens is 148 g/mol. The number of hydrogen-bond donors (Lipinski definition) is 0. The minimum atomic E-state index is 0.955. The quantitative estimate of drug-likeness (QED) is 0.629. The largest absolute Gasteiger partial charge is 0.256 e. The number of aromatic nitrogens is 2. The molecule has 0 aliphatic carbocycles. The van der Waals surface area contributed by atoms with Gasteiger partial charge in [0.05, 0.1) is 11.9 Å². The van der Waals surface area contributed by atoms with Gasteiger partial charge in [-0.1, -0.05) is 6.07 Å². The Labute approximate surface area is 70.9 Å². The van der Waals surface area contributed by atoms with Crippen LogP contribution in [-0.2, 0) is 0 Å². The third kappa shape index (κ3) is 1.32. The number of hydrogen-bond acceptors (Lipinski definition) is 2. The van der Waals surface area contributed by atoms with Crippen LogP contribution in [-0.4, -0.2) is 9.97 Å². The van der Waals surface area contributed by atoms with Crippen LogP contribution in [0.1, 0.15) is 0 Å². The minimum absolute atomic E-state index is 0.955. The molecule has 2 nitrogen and oxygen atoms in total. The molecule has 0 N–H and O–H groups in total. The van der Waals surface area contributed by atoms with Gasteiger partial charge in [-0.2, -0.15) is 0 Å². The van der Waals surface area contributed by atoms with Gasteiger partial charge in [0.25, 0.3) is 0 Å². The molecule has 2 aromatic rings. The Morgan fingerprint density at radius 2 is 2.08 bits per heavy atom. The van der Waals surface area contributed by atoms with Gasteiger partial charge in [-0.25, -0.2) is 0 Å². The molecule has 2 rings (SSSR count). The fourth-order valence-corrected chi connectivity index (χ4v) is 1.01. The number of nitrogens with zero attached hydrogens (tertiary/aromatic N) is 2. The van der Waals surface area contributed by atoms with Gasteiger partial charge >= 0.3 is 0 Å². The molecule has 0 aromatic carbocycles. The van der Waals surface area contributed by atoms with E-state index >= 15 is 0 Å². The summed E-state index contributed by atoms with van der Waals surface area (Å²) in [6.45, 7) is 0. The van der Waals surface area contributed by atoms with Crippen molar-refractivity contribution in [3.63, 3.8) is 0 Å². The highest BCUT2D eigenvalue weighted by molar-refractivity contribution is 5.57. The van der Waals surface area contributed by atoms with Crippen molar-refractivity contribution in [2.24, 2.45) is 0 Å². The number of rotatable bonds is 1. The van der Waals surface area contributed by atoms with Crippen LogP contribution in [0.5, 0.6) is 0 Å². The lowest BCUT2D eigenvalue weighted by Crippen LogP contribution is -1.81. The summed E-state index contributed by atoms with van der Waals surface area (Å²) in [5.41, 5.74) is 2.00. The predicted molar refractivity (Wildman–Crippen MR) is 46.3 cm³/mol. The molecule has 0 spiro atoms. The molecule has 0 aliphatic rings. The van der Waals surface area contributed by atoms with Crippen LogP contribution in [0.2, 0.25) is 0 Å². The Hall–Kier alpha value is -1.70. The summed E-state index contributed by atoms with van der Waals surface area (Å²) < 4.78 is 0. The fraction of sp³-hybridized carbons (Fsp3) is 0. The first-order valence-electron chi connectivity index (χ1n) is 3.70. The maximum Gasteiger partial charge on any atom is 0.0893 e. The first-order valence-corrected chi connectivity index (χ1v) is 3.70. The summed E-state index contributed by atoms with van der Waals surface area (Å²) in [5.74, 6) is 0. The van der Waals surface area contributed by atoms with E-state index < -0.39 is 0 Å². The monoisotopic (exact) mass is 155 g/mol. The SMILES string of the molecule is [c]1cc(-c2ccccn2)ccn1. The first-order chi connectivity index (χ1) is 5.97. The topological polar surface area (TPSA) is 25.8 Å². The third-order valence-corrected chi connectivity index (χ3v) is 1.58. The van der Waals surface area contributed by atoms with Crippen LogP contribution >= 0.6 is 0 Å². The molecule has 0 atom stereocenters. The van der Waals surface area contributed by atoms with E-state index in [-0.39, 0.29) is 0 Å². The molecule has 57 valence electrons. The Morgan fingerprint density at radius 1 is 1.08 bits per heavy atom. The molecule has 0 bridgehead atoms. The van der Waals surface area contributed by atoms with Crippen LogP contribution < -0.4 is 0 Å². The van der Waals surface area contributed by atoms with Crippen molar-refractivity contribution >= 4 is 0 Å². The van der Waals surface area contributed by atoms with E-state index in [1.165, 1.54) is 0 Å². The average molecular weight is 155 g/mol. The maximum atomic E-state index is 4.20. The van der Waals surface area contributed by atoms with E-state index in [9.17, 15) is 0 Å². The van der Waals surface area contributed by atoms with Gasteiger partial charge in [-0.3, -0.25) is 9.97 Å². The molecule has 2 aromatic heterocycles. The predicted octanol–water partition coefficient (Wildman–Crippen LogP) is 1.94. The summed E-state index contributed by atoms with van der Waals surface area (Å²) in [5, 5.41) is 0. The number of pyridine rings is 2. The van der Waals surface area contributed by atoms with Crippen LogP contribution in [0, 0.1) is 6.20 Å². The van der Waals surface area contributed by atoms with Gasteiger partial charge in [0.1, 0.15) is 0 Å². The lowest BCUT2D eigenvalue weighted by Gasteiger charge is -1.96. The van der Waals surface area contributed by atoms with Gasteiger partial charge in [0.2, 0.25) is 0 Å². The summed E-state index contributed by atoms with van der Waals surface area (Å²) in [4.78, 5) is 8.02. The van der Waals surface area contributed by atoms with Crippen LogP contribution in [0.15, 0.2) is 42.7 Å². The Balaban J connectivity index is 2.46. The van der Waals surface area contributed by atoms with Gasteiger partial charge in [0.15, 0.2) is 0 Å². The van der Waals surface area contributed by atoms with Crippen LogP contribution in [0.4, 0.5) is 0 Å². The normalized spacial score (nSPS) is 9.67. The molecule has 1 radical (unpaired) electrons.